The molecule has 1 fully saturated rings. The molecule has 18 heavy (non-hydrogen) atoms. The topological polar surface area (TPSA) is 49.8 Å². The highest BCUT2D eigenvalue weighted by Crippen LogP contribution is 2.21. The van der Waals surface area contributed by atoms with Crippen molar-refractivity contribution in [2.75, 3.05) is 11.9 Å². The summed E-state index contributed by atoms with van der Waals surface area (Å²) in [4.78, 5) is 8.67. The highest BCUT2D eigenvalue weighted by Gasteiger charge is 2.18. The SMILES string of the molecule is CC1CC(Nc2ncnc3ccccc23)CCN1. The molecule has 2 N–H and O–H groups in total. The van der Waals surface area contributed by atoms with Crippen LogP contribution in [0.1, 0.15) is 19.8 Å². The first-order valence-electron chi connectivity index (χ1n) is 6.52. The minimum atomic E-state index is 0.500. The fourth-order valence-electron chi connectivity index (χ4n) is 2.58. The van der Waals surface area contributed by atoms with Gasteiger partial charge in [-0.25, -0.2) is 9.97 Å². The number of hydrogen-bond acceptors (Lipinski definition) is 4. The summed E-state index contributed by atoms with van der Waals surface area (Å²) in [5.41, 5.74) is 0.997. The van der Waals surface area contributed by atoms with E-state index in [9.17, 15) is 0 Å². The molecule has 0 amide bonds. The van der Waals surface area contributed by atoms with E-state index in [-0.39, 0.29) is 0 Å². The summed E-state index contributed by atoms with van der Waals surface area (Å²) in [6, 6.07) is 9.20. The maximum absolute atomic E-state index is 4.38. The highest BCUT2D eigenvalue weighted by atomic mass is 15.1. The van der Waals surface area contributed by atoms with Gasteiger partial charge in [-0.1, -0.05) is 12.1 Å². The first-order chi connectivity index (χ1) is 8.83. The zero-order valence-corrected chi connectivity index (χ0v) is 10.6. The molecule has 2 aromatic rings. The predicted molar refractivity (Wildman–Crippen MR) is 73.6 cm³/mol. The van der Waals surface area contributed by atoms with Crippen molar-refractivity contribution in [3.05, 3.63) is 30.6 Å². The molecule has 2 unspecified atom stereocenters. The van der Waals surface area contributed by atoms with E-state index in [1.807, 2.05) is 18.2 Å². The van der Waals surface area contributed by atoms with Crippen LogP contribution in [0.5, 0.6) is 0 Å². The van der Waals surface area contributed by atoms with Crippen LogP contribution in [0, 0.1) is 0 Å². The average Bonchev–Trinajstić information content (AvgIpc) is 2.39. The number of nitrogens with one attached hydrogen (secondary N) is 2. The van der Waals surface area contributed by atoms with Gasteiger partial charge in [0.25, 0.3) is 0 Å². The summed E-state index contributed by atoms with van der Waals surface area (Å²) in [5, 5.41) is 8.13. The monoisotopic (exact) mass is 242 g/mol. The van der Waals surface area contributed by atoms with Crippen molar-refractivity contribution in [3.8, 4) is 0 Å². The molecule has 3 rings (SSSR count). The second-order valence-corrected chi connectivity index (χ2v) is 4.96. The molecule has 1 aromatic heterocycles. The van der Waals surface area contributed by atoms with Crippen molar-refractivity contribution in [1.29, 1.82) is 0 Å². The number of anilines is 1. The van der Waals surface area contributed by atoms with Crippen LogP contribution in [0.25, 0.3) is 10.9 Å². The van der Waals surface area contributed by atoms with E-state index in [2.05, 4.69) is 33.6 Å². The van der Waals surface area contributed by atoms with Gasteiger partial charge < -0.3 is 10.6 Å². The Morgan fingerprint density at radius 2 is 2.17 bits per heavy atom. The number of hydrogen-bond donors (Lipinski definition) is 2. The van der Waals surface area contributed by atoms with Crippen molar-refractivity contribution in [3.63, 3.8) is 0 Å². The molecule has 0 radical (unpaired) electrons. The van der Waals surface area contributed by atoms with Crippen molar-refractivity contribution in [2.45, 2.75) is 31.8 Å². The number of fused-ring (bicyclic) bond motifs is 1. The number of rotatable bonds is 2. The van der Waals surface area contributed by atoms with E-state index in [4.69, 9.17) is 0 Å². The number of piperidine rings is 1. The van der Waals surface area contributed by atoms with Gasteiger partial charge in [0.15, 0.2) is 0 Å². The minimum Gasteiger partial charge on any atom is -0.367 e. The normalized spacial score (nSPS) is 24.1. The van der Waals surface area contributed by atoms with Crippen LogP contribution in [0.15, 0.2) is 30.6 Å². The Labute approximate surface area is 107 Å². The summed E-state index contributed by atoms with van der Waals surface area (Å²) in [7, 11) is 0. The molecule has 4 heteroatoms. The minimum absolute atomic E-state index is 0.500. The second kappa shape index (κ2) is 4.90. The van der Waals surface area contributed by atoms with Gasteiger partial charge in [0, 0.05) is 17.5 Å². The molecule has 94 valence electrons. The Hall–Kier alpha value is -1.68. The predicted octanol–water partition coefficient (Wildman–Crippen LogP) is 2.18. The van der Waals surface area contributed by atoms with Crippen LogP contribution in [0.3, 0.4) is 0 Å². The summed E-state index contributed by atoms with van der Waals surface area (Å²) in [6.07, 6.45) is 3.91. The maximum atomic E-state index is 4.38. The first kappa shape index (κ1) is 11.4. The molecule has 4 nitrogen and oxygen atoms in total. The van der Waals surface area contributed by atoms with E-state index >= 15 is 0 Å². The largest absolute Gasteiger partial charge is 0.367 e. The lowest BCUT2D eigenvalue weighted by Crippen LogP contribution is -2.41. The van der Waals surface area contributed by atoms with Crippen molar-refractivity contribution in [1.82, 2.24) is 15.3 Å². The van der Waals surface area contributed by atoms with E-state index in [0.29, 0.717) is 12.1 Å². The van der Waals surface area contributed by atoms with Crippen LogP contribution in [-0.2, 0) is 0 Å². The molecular formula is C14H18N4. The lowest BCUT2D eigenvalue weighted by atomic mass is 10.0. The van der Waals surface area contributed by atoms with Crippen LogP contribution in [-0.4, -0.2) is 28.6 Å². The molecule has 0 bridgehead atoms. The zero-order valence-electron chi connectivity index (χ0n) is 10.6. The van der Waals surface area contributed by atoms with E-state index in [0.717, 1.165) is 36.1 Å². The molecule has 1 saturated heterocycles. The fraction of sp³-hybridized carbons (Fsp3) is 0.429. The van der Waals surface area contributed by atoms with E-state index in [1.54, 1.807) is 6.33 Å². The van der Waals surface area contributed by atoms with Crippen LogP contribution < -0.4 is 10.6 Å². The van der Waals surface area contributed by atoms with Gasteiger partial charge in [-0.3, -0.25) is 0 Å². The Morgan fingerprint density at radius 1 is 1.28 bits per heavy atom. The number of nitrogens with zero attached hydrogens (tertiary/aromatic N) is 2. The number of benzene rings is 1. The third-order valence-electron chi connectivity index (χ3n) is 3.51. The first-order valence-corrected chi connectivity index (χ1v) is 6.52. The van der Waals surface area contributed by atoms with Crippen molar-refractivity contribution >= 4 is 16.7 Å². The molecule has 1 aliphatic heterocycles. The van der Waals surface area contributed by atoms with Crippen LogP contribution >= 0.6 is 0 Å². The Morgan fingerprint density at radius 3 is 3.06 bits per heavy atom. The summed E-state index contributed by atoms with van der Waals surface area (Å²) in [5.74, 6) is 0.958. The lowest BCUT2D eigenvalue weighted by Gasteiger charge is -2.29. The van der Waals surface area contributed by atoms with Gasteiger partial charge in [-0.2, -0.15) is 0 Å². The van der Waals surface area contributed by atoms with Gasteiger partial charge in [0.05, 0.1) is 5.52 Å². The summed E-state index contributed by atoms with van der Waals surface area (Å²) >= 11 is 0. The molecular weight excluding hydrogens is 224 g/mol. The molecule has 2 atom stereocenters. The quantitative estimate of drug-likeness (QED) is 0.847. The Kier molecular flexibility index (Phi) is 3.11. The number of aromatic nitrogens is 2. The van der Waals surface area contributed by atoms with Crippen LogP contribution in [0.2, 0.25) is 0 Å². The lowest BCUT2D eigenvalue weighted by molar-refractivity contribution is 0.396. The van der Waals surface area contributed by atoms with E-state index < -0.39 is 0 Å². The fourth-order valence-corrected chi connectivity index (χ4v) is 2.58. The van der Waals surface area contributed by atoms with Gasteiger partial charge in [-0.15, -0.1) is 0 Å². The average molecular weight is 242 g/mol. The molecule has 1 aliphatic rings. The molecule has 1 aromatic carbocycles. The van der Waals surface area contributed by atoms with Gasteiger partial charge >= 0.3 is 0 Å². The second-order valence-electron chi connectivity index (χ2n) is 4.96. The van der Waals surface area contributed by atoms with Crippen molar-refractivity contribution < 1.29 is 0 Å². The van der Waals surface area contributed by atoms with Gasteiger partial charge in [-0.05, 0) is 38.4 Å². The summed E-state index contributed by atoms with van der Waals surface area (Å²) < 4.78 is 0. The number of para-hydroxylation sites is 1. The maximum Gasteiger partial charge on any atom is 0.137 e. The van der Waals surface area contributed by atoms with E-state index in [1.165, 1.54) is 0 Å². The smallest absolute Gasteiger partial charge is 0.137 e. The van der Waals surface area contributed by atoms with Gasteiger partial charge in [0.2, 0.25) is 0 Å². The van der Waals surface area contributed by atoms with Crippen LogP contribution in [0.4, 0.5) is 5.82 Å². The molecule has 0 saturated carbocycles. The zero-order chi connectivity index (χ0) is 12.4. The third kappa shape index (κ3) is 2.29. The Bertz CT molecular complexity index is 535. The molecule has 2 heterocycles. The van der Waals surface area contributed by atoms with Crippen molar-refractivity contribution in [2.24, 2.45) is 0 Å². The molecule has 0 aliphatic carbocycles. The molecule has 0 spiro atoms. The Balaban J connectivity index is 1.86. The standard InChI is InChI=1S/C14H18N4/c1-10-8-11(6-7-15-10)18-14-12-4-2-3-5-13(12)16-9-17-14/h2-5,9-11,15H,6-8H2,1H3,(H,16,17,18). The van der Waals surface area contributed by atoms with Gasteiger partial charge in [0.1, 0.15) is 12.1 Å². The highest BCUT2D eigenvalue weighted by molar-refractivity contribution is 5.88. The third-order valence-corrected chi connectivity index (χ3v) is 3.51. The summed E-state index contributed by atoms with van der Waals surface area (Å²) in [6.45, 7) is 3.30.